The van der Waals surface area contributed by atoms with Gasteiger partial charge in [0.05, 0.1) is 6.54 Å². The van der Waals surface area contributed by atoms with E-state index >= 15 is 0 Å². The van der Waals surface area contributed by atoms with Gasteiger partial charge >= 0.3 is 0 Å². The molecule has 1 aromatic carbocycles. The van der Waals surface area contributed by atoms with E-state index in [0.717, 1.165) is 43.1 Å². The molecule has 0 aliphatic heterocycles. The summed E-state index contributed by atoms with van der Waals surface area (Å²) in [5.41, 5.74) is 1.84. The number of amides is 1. The van der Waals surface area contributed by atoms with Crippen molar-refractivity contribution in [3.63, 3.8) is 0 Å². The predicted molar refractivity (Wildman–Crippen MR) is 114 cm³/mol. The van der Waals surface area contributed by atoms with Gasteiger partial charge in [-0.25, -0.2) is 0 Å². The molecule has 5 nitrogen and oxygen atoms in total. The molecule has 146 valence electrons. The molecule has 0 fully saturated rings. The smallest absolute Gasteiger partial charge is 0.253 e. The Morgan fingerprint density at radius 2 is 1.59 bits per heavy atom. The van der Waals surface area contributed by atoms with E-state index in [4.69, 9.17) is 0 Å². The van der Waals surface area contributed by atoms with Gasteiger partial charge in [-0.15, -0.1) is 11.3 Å². The van der Waals surface area contributed by atoms with Gasteiger partial charge in [0.2, 0.25) is 0 Å². The maximum absolute atomic E-state index is 12.4. The third-order valence-electron chi connectivity index (χ3n) is 4.43. The Balaban J connectivity index is 1.86. The second kappa shape index (κ2) is 10.7. The van der Waals surface area contributed by atoms with Crippen molar-refractivity contribution in [1.82, 2.24) is 15.5 Å². The van der Waals surface area contributed by atoms with Crippen LogP contribution in [0.25, 0.3) is 0 Å². The van der Waals surface area contributed by atoms with Crippen LogP contribution in [0.3, 0.4) is 0 Å². The number of aryl methyl sites for hydroxylation is 1. The minimum atomic E-state index is 0.0828. The summed E-state index contributed by atoms with van der Waals surface area (Å²) in [6, 6.07) is 12.1. The number of guanidine groups is 1. The van der Waals surface area contributed by atoms with Crippen LogP contribution in [0.4, 0.5) is 0 Å². The maximum atomic E-state index is 12.4. The van der Waals surface area contributed by atoms with Crippen LogP contribution in [-0.2, 0) is 19.5 Å². The summed E-state index contributed by atoms with van der Waals surface area (Å²) in [6.45, 7) is 9.04. The number of nitrogens with zero attached hydrogens (tertiary/aromatic N) is 2. The van der Waals surface area contributed by atoms with Crippen LogP contribution in [0, 0.1) is 0 Å². The fraction of sp³-hybridized carbons (Fsp3) is 0.429. The zero-order valence-corrected chi connectivity index (χ0v) is 17.5. The molecule has 0 bridgehead atoms. The van der Waals surface area contributed by atoms with E-state index in [0.29, 0.717) is 6.54 Å². The number of rotatable bonds is 8. The number of carbonyl (C=O) groups excluding carboxylic acids is 1. The number of hydrogen-bond donors (Lipinski definition) is 2. The Labute approximate surface area is 166 Å². The standard InChI is InChI=1S/C21H30N4OS/c1-5-18-12-13-19(27-18)15-24-21(22-4)23-14-16-8-10-17(11-9-16)20(26)25(6-2)7-3/h8-13H,5-7,14-15H2,1-4H3,(H2,22,23,24). The van der Waals surface area contributed by atoms with Crippen molar-refractivity contribution in [2.45, 2.75) is 40.3 Å². The lowest BCUT2D eigenvalue weighted by Gasteiger charge is -2.18. The first-order chi connectivity index (χ1) is 13.1. The highest BCUT2D eigenvalue weighted by molar-refractivity contribution is 7.11. The highest BCUT2D eigenvalue weighted by atomic mass is 32.1. The van der Waals surface area contributed by atoms with Gasteiger partial charge in [0.1, 0.15) is 0 Å². The molecular formula is C21H30N4OS. The van der Waals surface area contributed by atoms with Gasteiger partial charge < -0.3 is 15.5 Å². The zero-order valence-electron chi connectivity index (χ0n) is 16.7. The fourth-order valence-corrected chi connectivity index (χ4v) is 3.64. The van der Waals surface area contributed by atoms with Gasteiger partial charge in [-0.3, -0.25) is 9.79 Å². The summed E-state index contributed by atoms with van der Waals surface area (Å²) in [6.07, 6.45) is 1.07. The molecule has 0 unspecified atom stereocenters. The molecule has 27 heavy (non-hydrogen) atoms. The van der Waals surface area contributed by atoms with Crippen molar-refractivity contribution in [3.8, 4) is 0 Å². The summed E-state index contributed by atoms with van der Waals surface area (Å²) in [7, 11) is 1.77. The second-order valence-electron chi connectivity index (χ2n) is 6.18. The number of aliphatic imine (C=N–C) groups is 1. The molecule has 0 radical (unpaired) electrons. The zero-order chi connectivity index (χ0) is 19.6. The van der Waals surface area contributed by atoms with E-state index in [1.165, 1.54) is 9.75 Å². The third kappa shape index (κ3) is 6.10. The Hall–Kier alpha value is -2.34. The molecule has 1 amide bonds. The van der Waals surface area contributed by atoms with E-state index < -0.39 is 0 Å². The van der Waals surface area contributed by atoms with Crippen LogP contribution >= 0.6 is 11.3 Å². The normalized spacial score (nSPS) is 11.3. The Bertz CT molecular complexity index is 748. The van der Waals surface area contributed by atoms with Gasteiger partial charge in [0, 0.05) is 42.0 Å². The van der Waals surface area contributed by atoms with Crippen molar-refractivity contribution in [1.29, 1.82) is 0 Å². The number of benzene rings is 1. The highest BCUT2D eigenvalue weighted by Gasteiger charge is 2.11. The van der Waals surface area contributed by atoms with Crippen molar-refractivity contribution >= 4 is 23.2 Å². The Morgan fingerprint density at radius 1 is 0.963 bits per heavy atom. The van der Waals surface area contributed by atoms with Gasteiger partial charge in [0.25, 0.3) is 5.91 Å². The van der Waals surface area contributed by atoms with Crippen LogP contribution in [0.2, 0.25) is 0 Å². The van der Waals surface area contributed by atoms with Crippen molar-refractivity contribution in [2.75, 3.05) is 20.1 Å². The molecule has 2 N–H and O–H groups in total. The first-order valence-electron chi connectivity index (χ1n) is 9.51. The minimum Gasteiger partial charge on any atom is -0.352 e. The Kier molecular flexibility index (Phi) is 8.33. The summed E-state index contributed by atoms with van der Waals surface area (Å²) in [4.78, 5) is 21.2. The molecular weight excluding hydrogens is 356 g/mol. The average molecular weight is 387 g/mol. The molecule has 6 heteroatoms. The Morgan fingerprint density at radius 3 is 2.15 bits per heavy atom. The van der Waals surface area contributed by atoms with Gasteiger partial charge in [0.15, 0.2) is 5.96 Å². The molecule has 2 rings (SSSR count). The topological polar surface area (TPSA) is 56.7 Å². The number of nitrogens with one attached hydrogen (secondary N) is 2. The van der Waals surface area contributed by atoms with E-state index in [2.05, 4.69) is 34.7 Å². The second-order valence-corrected chi connectivity index (χ2v) is 7.43. The van der Waals surface area contributed by atoms with Crippen molar-refractivity contribution in [3.05, 3.63) is 57.3 Å². The van der Waals surface area contributed by atoms with Crippen LogP contribution in [0.15, 0.2) is 41.4 Å². The number of hydrogen-bond acceptors (Lipinski definition) is 3. The summed E-state index contributed by atoms with van der Waals surface area (Å²) >= 11 is 1.83. The molecule has 0 atom stereocenters. The molecule has 0 saturated carbocycles. The van der Waals surface area contributed by atoms with E-state index in [-0.39, 0.29) is 5.91 Å². The van der Waals surface area contributed by atoms with E-state index in [1.807, 2.05) is 54.3 Å². The molecule has 0 saturated heterocycles. The lowest BCUT2D eigenvalue weighted by Crippen LogP contribution is -2.36. The highest BCUT2D eigenvalue weighted by Crippen LogP contribution is 2.16. The number of thiophene rings is 1. The summed E-state index contributed by atoms with van der Waals surface area (Å²) < 4.78 is 0. The quantitative estimate of drug-likeness (QED) is 0.538. The van der Waals surface area contributed by atoms with Gasteiger partial charge in [-0.2, -0.15) is 0 Å². The van der Waals surface area contributed by atoms with Crippen molar-refractivity contribution < 1.29 is 4.79 Å². The van der Waals surface area contributed by atoms with Gasteiger partial charge in [-0.1, -0.05) is 19.1 Å². The lowest BCUT2D eigenvalue weighted by molar-refractivity contribution is 0.0773. The maximum Gasteiger partial charge on any atom is 0.253 e. The van der Waals surface area contributed by atoms with Crippen LogP contribution in [0.5, 0.6) is 0 Å². The molecule has 0 aliphatic carbocycles. The SMILES string of the molecule is CCc1ccc(CNC(=NC)NCc2ccc(C(=O)N(CC)CC)cc2)s1. The molecule has 2 aromatic rings. The van der Waals surface area contributed by atoms with Crippen LogP contribution in [0.1, 0.15) is 46.4 Å². The first kappa shape index (κ1) is 21.0. The summed E-state index contributed by atoms with van der Waals surface area (Å²) in [5, 5.41) is 6.66. The molecule has 1 aromatic heterocycles. The molecule has 0 spiro atoms. The molecule has 0 aliphatic rings. The van der Waals surface area contributed by atoms with Gasteiger partial charge in [-0.05, 0) is 50.1 Å². The summed E-state index contributed by atoms with van der Waals surface area (Å²) in [5.74, 6) is 0.851. The van der Waals surface area contributed by atoms with Crippen LogP contribution < -0.4 is 10.6 Å². The monoisotopic (exact) mass is 386 g/mol. The van der Waals surface area contributed by atoms with Crippen LogP contribution in [-0.4, -0.2) is 36.9 Å². The van der Waals surface area contributed by atoms with E-state index in [1.54, 1.807) is 7.05 Å². The largest absolute Gasteiger partial charge is 0.352 e. The first-order valence-corrected chi connectivity index (χ1v) is 10.3. The fourth-order valence-electron chi connectivity index (χ4n) is 2.74. The average Bonchev–Trinajstić information content (AvgIpc) is 3.17. The minimum absolute atomic E-state index is 0.0828. The van der Waals surface area contributed by atoms with E-state index in [9.17, 15) is 4.79 Å². The predicted octanol–water partition coefficient (Wildman–Crippen LogP) is 3.66. The number of carbonyl (C=O) groups is 1. The third-order valence-corrected chi connectivity index (χ3v) is 5.66. The lowest BCUT2D eigenvalue weighted by atomic mass is 10.1. The van der Waals surface area contributed by atoms with Crippen molar-refractivity contribution in [2.24, 2.45) is 4.99 Å². The molecule has 1 heterocycles.